The van der Waals surface area contributed by atoms with Crippen LogP contribution in [0.1, 0.15) is 15.9 Å². The molecule has 0 bridgehead atoms. The van der Waals surface area contributed by atoms with Gasteiger partial charge in [0, 0.05) is 21.4 Å². The molecule has 0 atom stereocenters. The average Bonchev–Trinajstić information content (AvgIpc) is 2.43. The number of nitrogens with two attached hydrogens (primary N) is 1. The summed E-state index contributed by atoms with van der Waals surface area (Å²) in [5, 5.41) is 11.6. The third-order valence-corrected chi connectivity index (χ3v) is 3.56. The summed E-state index contributed by atoms with van der Waals surface area (Å²) in [6.07, 6.45) is -0.151. The third kappa shape index (κ3) is 3.82. The number of hydrogen-bond acceptors (Lipinski definition) is 3. The average molecular weight is 349 g/mol. The van der Waals surface area contributed by atoms with E-state index in [0.717, 1.165) is 0 Å². The first kappa shape index (κ1) is 15.1. The van der Waals surface area contributed by atoms with Gasteiger partial charge in [0.25, 0.3) is 5.91 Å². The summed E-state index contributed by atoms with van der Waals surface area (Å²) in [6, 6.07) is 11.7. The molecule has 0 saturated heterocycles. The van der Waals surface area contributed by atoms with E-state index in [9.17, 15) is 9.59 Å². The first-order valence-corrected chi connectivity index (χ1v) is 6.93. The van der Waals surface area contributed by atoms with Gasteiger partial charge in [-0.25, -0.2) is 0 Å². The van der Waals surface area contributed by atoms with Crippen LogP contribution in [0.2, 0.25) is 0 Å². The standard InChI is InChI=1S/C15H13BrN2O3/c16-11-7-10(5-6-12(11)17)15(21)18-13-4-2-1-3-9(13)8-14(19)20/h1-7H,8,17H2,(H,18,21)(H,19,20). The molecule has 4 N–H and O–H groups in total. The van der Waals surface area contributed by atoms with Crippen LogP contribution in [0.3, 0.4) is 0 Å². The number of carboxylic acid groups (broad SMARTS) is 1. The molecule has 0 fully saturated rings. The van der Waals surface area contributed by atoms with Crippen molar-refractivity contribution >= 4 is 39.2 Å². The topological polar surface area (TPSA) is 92.4 Å². The summed E-state index contributed by atoms with van der Waals surface area (Å²) < 4.78 is 0.633. The fourth-order valence-electron chi connectivity index (χ4n) is 1.82. The lowest BCUT2D eigenvalue weighted by Crippen LogP contribution is -2.14. The minimum absolute atomic E-state index is 0.151. The highest BCUT2D eigenvalue weighted by molar-refractivity contribution is 9.10. The number of halogens is 1. The molecule has 0 unspecified atom stereocenters. The molecular formula is C15H13BrN2O3. The molecule has 21 heavy (non-hydrogen) atoms. The van der Waals surface area contributed by atoms with E-state index in [0.29, 0.717) is 27.0 Å². The summed E-state index contributed by atoms with van der Waals surface area (Å²) in [5.74, 6) is -1.28. The van der Waals surface area contributed by atoms with Crippen molar-refractivity contribution in [2.75, 3.05) is 11.1 Å². The van der Waals surface area contributed by atoms with Gasteiger partial charge in [0.05, 0.1) is 6.42 Å². The van der Waals surface area contributed by atoms with Gasteiger partial charge in [-0.3, -0.25) is 9.59 Å². The van der Waals surface area contributed by atoms with E-state index in [1.54, 1.807) is 42.5 Å². The number of nitrogens with one attached hydrogen (secondary N) is 1. The van der Waals surface area contributed by atoms with Crippen LogP contribution in [0, 0.1) is 0 Å². The van der Waals surface area contributed by atoms with Crippen LogP contribution < -0.4 is 11.1 Å². The second-order valence-electron chi connectivity index (χ2n) is 4.42. The molecule has 1 amide bonds. The van der Waals surface area contributed by atoms with E-state index in [1.165, 1.54) is 0 Å². The summed E-state index contributed by atoms with van der Waals surface area (Å²) >= 11 is 3.26. The highest BCUT2D eigenvalue weighted by Gasteiger charge is 2.11. The van der Waals surface area contributed by atoms with Gasteiger partial charge in [-0.15, -0.1) is 0 Å². The number of aliphatic carboxylic acids is 1. The lowest BCUT2D eigenvalue weighted by atomic mass is 10.1. The number of rotatable bonds is 4. The van der Waals surface area contributed by atoms with E-state index in [4.69, 9.17) is 10.8 Å². The zero-order valence-corrected chi connectivity index (χ0v) is 12.6. The fraction of sp³-hybridized carbons (Fsp3) is 0.0667. The Morgan fingerprint density at radius 3 is 2.57 bits per heavy atom. The van der Waals surface area contributed by atoms with Crippen molar-refractivity contribution in [1.29, 1.82) is 0 Å². The van der Waals surface area contributed by atoms with Crippen LogP contribution >= 0.6 is 15.9 Å². The largest absolute Gasteiger partial charge is 0.481 e. The van der Waals surface area contributed by atoms with Gasteiger partial charge in [-0.1, -0.05) is 18.2 Å². The molecule has 0 spiro atoms. The van der Waals surface area contributed by atoms with Gasteiger partial charge in [0.2, 0.25) is 0 Å². The van der Waals surface area contributed by atoms with Crippen molar-refractivity contribution in [2.24, 2.45) is 0 Å². The lowest BCUT2D eigenvalue weighted by molar-refractivity contribution is -0.136. The maximum absolute atomic E-state index is 12.2. The fourth-order valence-corrected chi connectivity index (χ4v) is 2.20. The number of carbonyl (C=O) groups is 2. The number of carbonyl (C=O) groups excluding carboxylic acids is 1. The Morgan fingerprint density at radius 2 is 1.90 bits per heavy atom. The molecule has 2 aromatic carbocycles. The smallest absolute Gasteiger partial charge is 0.307 e. The molecule has 0 aliphatic heterocycles. The van der Waals surface area contributed by atoms with Gasteiger partial charge in [0.15, 0.2) is 0 Å². The summed E-state index contributed by atoms with van der Waals surface area (Å²) in [5.41, 5.74) is 7.68. The summed E-state index contributed by atoms with van der Waals surface area (Å²) in [7, 11) is 0. The molecule has 5 nitrogen and oxygen atoms in total. The molecule has 0 heterocycles. The van der Waals surface area contributed by atoms with E-state index in [-0.39, 0.29) is 12.3 Å². The third-order valence-electron chi connectivity index (χ3n) is 2.87. The Balaban J connectivity index is 2.23. The maximum Gasteiger partial charge on any atom is 0.307 e. The number of hydrogen-bond donors (Lipinski definition) is 3. The second kappa shape index (κ2) is 6.41. The predicted octanol–water partition coefficient (Wildman–Crippen LogP) is 2.91. The SMILES string of the molecule is Nc1ccc(C(=O)Nc2ccccc2CC(=O)O)cc1Br. The van der Waals surface area contributed by atoms with Gasteiger partial charge < -0.3 is 16.2 Å². The minimum Gasteiger partial charge on any atom is -0.481 e. The van der Waals surface area contributed by atoms with Crippen molar-refractivity contribution in [3.05, 3.63) is 58.1 Å². The van der Waals surface area contributed by atoms with Crippen LogP contribution in [0.25, 0.3) is 0 Å². The number of amides is 1. The van der Waals surface area contributed by atoms with Crippen LogP contribution in [0.4, 0.5) is 11.4 Å². The molecule has 0 aliphatic rings. The van der Waals surface area contributed by atoms with Crippen molar-refractivity contribution in [1.82, 2.24) is 0 Å². The van der Waals surface area contributed by atoms with Gasteiger partial charge >= 0.3 is 5.97 Å². The molecule has 0 aromatic heterocycles. The number of benzene rings is 2. The molecule has 0 aliphatic carbocycles. The Bertz CT molecular complexity index is 701. The quantitative estimate of drug-likeness (QED) is 0.740. The maximum atomic E-state index is 12.2. The molecule has 2 aromatic rings. The summed E-state index contributed by atoms with van der Waals surface area (Å²) in [4.78, 5) is 23.0. The predicted molar refractivity (Wildman–Crippen MR) is 84.3 cm³/mol. The monoisotopic (exact) mass is 348 g/mol. The zero-order valence-electron chi connectivity index (χ0n) is 11.0. The number of nitrogen functional groups attached to an aromatic ring is 1. The van der Waals surface area contributed by atoms with E-state index >= 15 is 0 Å². The summed E-state index contributed by atoms with van der Waals surface area (Å²) in [6.45, 7) is 0. The van der Waals surface area contributed by atoms with Gasteiger partial charge in [0.1, 0.15) is 0 Å². The molecule has 0 saturated carbocycles. The van der Waals surface area contributed by atoms with Gasteiger partial charge in [-0.2, -0.15) is 0 Å². The normalized spacial score (nSPS) is 10.1. The lowest BCUT2D eigenvalue weighted by Gasteiger charge is -2.10. The van der Waals surface area contributed by atoms with Crippen molar-refractivity contribution in [3.8, 4) is 0 Å². The molecular weight excluding hydrogens is 336 g/mol. The van der Waals surface area contributed by atoms with Crippen molar-refractivity contribution < 1.29 is 14.7 Å². The Morgan fingerprint density at radius 1 is 1.19 bits per heavy atom. The molecule has 6 heteroatoms. The molecule has 108 valence electrons. The number of para-hydroxylation sites is 1. The Kier molecular flexibility index (Phi) is 4.59. The zero-order chi connectivity index (χ0) is 15.4. The number of anilines is 2. The van der Waals surface area contributed by atoms with Crippen LogP contribution in [-0.4, -0.2) is 17.0 Å². The van der Waals surface area contributed by atoms with Gasteiger partial charge in [-0.05, 0) is 45.8 Å². The van der Waals surface area contributed by atoms with E-state index in [1.807, 2.05) is 0 Å². The first-order valence-electron chi connectivity index (χ1n) is 6.13. The van der Waals surface area contributed by atoms with Crippen molar-refractivity contribution in [3.63, 3.8) is 0 Å². The highest BCUT2D eigenvalue weighted by Crippen LogP contribution is 2.22. The van der Waals surface area contributed by atoms with Crippen molar-refractivity contribution in [2.45, 2.75) is 6.42 Å². The van der Waals surface area contributed by atoms with Crippen LogP contribution in [-0.2, 0) is 11.2 Å². The Hall–Kier alpha value is -2.34. The number of carboxylic acids is 1. The first-order chi connectivity index (χ1) is 9.97. The van der Waals surface area contributed by atoms with Crippen LogP contribution in [0.15, 0.2) is 46.9 Å². The second-order valence-corrected chi connectivity index (χ2v) is 5.27. The molecule has 2 rings (SSSR count). The molecule has 0 radical (unpaired) electrons. The van der Waals surface area contributed by atoms with E-state index in [2.05, 4.69) is 21.2 Å². The van der Waals surface area contributed by atoms with Crippen LogP contribution in [0.5, 0.6) is 0 Å². The highest BCUT2D eigenvalue weighted by atomic mass is 79.9. The van der Waals surface area contributed by atoms with E-state index < -0.39 is 5.97 Å². The minimum atomic E-state index is -0.952. The Labute approximate surface area is 129 Å².